The zero-order valence-corrected chi connectivity index (χ0v) is 15.6. The second kappa shape index (κ2) is 4.89. The van der Waals surface area contributed by atoms with Crippen molar-refractivity contribution in [3.63, 3.8) is 0 Å². The molecule has 4 atom stereocenters. The molecule has 1 fully saturated rings. The molecule has 2 aliphatic carbocycles. The van der Waals surface area contributed by atoms with Crippen LogP contribution in [0.25, 0.3) is 0 Å². The highest BCUT2D eigenvalue weighted by Gasteiger charge is 2.66. The van der Waals surface area contributed by atoms with Crippen LogP contribution in [0.3, 0.4) is 0 Å². The Morgan fingerprint density at radius 2 is 1.78 bits per heavy atom. The Morgan fingerprint density at radius 1 is 1.00 bits per heavy atom. The zero-order valence-electron chi connectivity index (χ0n) is 15.6. The number of anilines is 3. The molecular weight excluding hydrogens is 332 g/mol. The van der Waals surface area contributed by atoms with Gasteiger partial charge in [0.05, 0.1) is 6.04 Å². The summed E-state index contributed by atoms with van der Waals surface area (Å²) in [5.74, 6) is 1.97. The Bertz CT molecular complexity index is 1020. The van der Waals surface area contributed by atoms with Gasteiger partial charge >= 0.3 is 0 Å². The maximum Gasteiger partial charge on any atom is 0.178 e. The fraction of sp³-hybridized carbons (Fsp3) is 0.304. The molecule has 0 saturated carbocycles. The molecule has 4 nitrogen and oxygen atoms in total. The summed E-state index contributed by atoms with van der Waals surface area (Å²) in [6, 6.07) is 11.0. The van der Waals surface area contributed by atoms with Crippen LogP contribution in [0, 0.1) is 10.8 Å². The van der Waals surface area contributed by atoms with E-state index in [9.17, 15) is 0 Å². The molecule has 4 unspecified atom stereocenters. The van der Waals surface area contributed by atoms with E-state index in [1.54, 1.807) is 0 Å². The molecule has 6 rings (SSSR count). The molecule has 4 heteroatoms. The van der Waals surface area contributed by atoms with Crippen LogP contribution in [0.1, 0.15) is 20.3 Å². The van der Waals surface area contributed by atoms with Gasteiger partial charge < -0.3 is 9.80 Å². The third kappa shape index (κ3) is 1.65. The zero-order chi connectivity index (χ0) is 18.2. The van der Waals surface area contributed by atoms with E-state index in [4.69, 9.17) is 9.97 Å². The minimum atomic E-state index is -0.0151. The van der Waals surface area contributed by atoms with Crippen LogP contribution < -0.4 is 9.80 Å². The highest BCUT2D eigenvalue weighted by molar-refractivity contribution is 5.81. The topological polar surface area (TPSA) is 32.3 Å². The van der Waals surface area contributed by atoms with Gasteiger partial charge in [0.1, 0.15) is 6.17 Å². The van der Waals surface area contributed by atoms with E-state index in [1.807, 2.05) is 12.4 Å². The van der Waals surface area contributed by atoms with Crippen LogP contribution in [0.15, 0.2) is 78.7 Å². The summed E-state index contributed by atoms with van der Waals surface area (Å²) in [6.45, 7) is 4.79. The smallest absolute Gasteiger partial charge is 0.178 e. The third-order valence-corrected chi connectivity index (χ3v) is 7.16. The molecule has 4 aliphatic rings. The van der Waals surface area contributed by atoms with Crippen molar-refractivity contribution in [3.8, 4) is 0 Å². The first-order valence-electron chi connectivity index (χ1n) is 9.66. The van der Waals surface area contributed by atoms with Gasteiger partial charge in [-0.3, -0.25) is 0 Å². The van der Waals surface area contributed by atoms with Crippen LogP contribution in [-0.4, -0.2) is 22.2 Å². The second-order valence-electron chi connectivity index (χ2n) is 8.31. The van der Waals surface area contributed by atoms with Gasteiger partial charge in [-0.1, -0.05) is 62.4 Å². The Kier molecular flexibility index (Phi) is 2.75. The van der Waals surface area contributed by atoms with Crippen molar-refractivity contribution in [2.24, 2.45) is 10.8 Å². The highest BCUT2D eigenvalue weighted by atomic mass is 15.5. The number of aromatic nitrogens is 2. The molecule has 1 saturated heterocycles. The van der Waals surface area contributed by atoms with Gasteiger partial charge in [-0.2, -0.15) is 0 Å². The van der Waals surface area contributed by atoms with Crippen LogP contribution in [0.5, 0.6) is 0 Å². The van der Waals surface area contributed by atoms with Crippen LogP contribution in [0.2, 0.25) is 0 Å². The van der Waals surface area contributed by atoms with E-state index < -0.39 is 0 Å². The Balaban J connectivity index is 1.63. The SMILES string of the molecule is CC12C=CC1(C)C1N(c3ccccc3)c3nccnc3N1C1CC=CC=C12. The average Bonchev–Trinajstić information content (AvgIpc) is 3.07. The quantitative estimate of drug-likeness (QED) is 0.700. The molecule has 0 radical (unpaired) electrons. The fourth-order valence-electron chi connectivity index (χ4n) is 5.52. The summed E-state index contributed by atoms with van der Waals surface area (Å²) in [4.78, 5) is 14.5. The number of fused-ring (bicyclic) bond motifs is 8. The van der Waals surface area contributed by atoms with Crippen molar-refractivity contribution in [1.29, 1.82) is 0 Å². The van der Waals surface area contributed by atoms with E-state index in [1.165, 1.54) is 11.3 Å². The summed E-state index contributed by atoms with van der Waals surface area (Å²) in [5, 5.41) is 0. The minimum absolute atomic E-state index is 0.0151. The highest BCUT2D eigenvalue weighted by Crippen LogP contribution is 2.66. The number of allylic oxidation sites excluding steroid dienone is 3. The summed E-state index contributed by atoms with van der Waals surface area (Å²) >= 11 is 0. The lowest BCUT2D eigenvalue weighted by Gasteiger charge is -2.64. The molecule has 3 heterocycles. The number of nitrogens with zero attached hydrogens (tertiary/aromatic N) is 4. The van der Waals surface area contributed by atoms with Gasteiger partial charge in [-0.15, -0.1) is 0 Å². The summed E-state index contributed by atoms with van der Waals surface area (Å²) in [7, 11) is 0. The molecule has 0 N–H and O–H groups in total. The van der Waals surface area contributed by atoms with Crippen LogP contribution in [0.4, 0.5) is 17.3 Å². The molecule has 27 heavy (non-hydrogen) atoms. The maximum atomic E-state index is 4.79. The van der Waals surface area contributed by atoms with Gasteiger partial charge in [-0.05, 0) is 24.1 Å². The number of hydrogen-bond donors (Lipinski definition) is 0. The molecule has 0 spiro atoms. The lowest BCUT2D eigenvalue weighted by molar-refractivity contribution is 0.102. The van der Waals surface area contributed by atoms with Gasteiger partial charge in [-0.25, -0.2) is 9.97 Å². The number of para-hydroxylation sites is 1. The lowest BCUT2D eigenvalue weighted by atomic mass is 9.48. The van der Waals surface area contributed by atoms with Gasteiger partial charge in [0.2, 0.25) is 0 Å². The van der Waals surface area contributed by atoms with Gasteiger partial charge in [0, 0.05) is 28.9 Å². The molecule has 2 aliphatic heterocycles. The average molecular weight is 354 g/mol. The number of hydrogen-bond acceptors (Lipinski definition) is 4. The van der Waals surface area contributed by atoms with E-state index in [0.29, 0.717) is 6.04 Å². The Morgan fingerprint density at radius 3 is 2.52 bits per heavy atom. The normalized spacial score (nSPS) is 35.0. The van der Waals surface area contributed by atoms with Crippen molar-refractivity contribution in [2.75, 3.05) is 9.80 Å². The largest absolute Gasteiger partial charge is 0.325 e. The standard InChI is InChI=1S/C23H22N4/c1-22-12-13-23(22,2)21-26(16-8-4-3-5-9-16)19-20(25-15-14-24-19)27(21)18-11-7-6-10-17(18)22/h3-10,12-15,18,21H,11H2,1-2H3. The summed E-state index contributed by atoms with van der Waals surface area (Å²) < 4.78 is 0. The van der Waals surface area contributed by atoms with Crippen LogP contribution in [-0.2, 0) is 0 Å². The van der Waals surface area contributed by atoms with Crippen molar-refractivity contribution in [3.05, 3.63) is 78.7 Å². The molecule has 1 aromatic carbocycles. The summed E-state index contributed by atoms with van der Waals surface area (Å²) in [5.41, 5.74) is 2.71. The molecule has 134 valence electrons. The third-order valence-electron chi connectivity index (χ3n) is 7.16. The fourth-order valence-corrected chi connectivity index (χ4v) is 5.52. The number of rotatable bonds is 1. The van der Waals surface area contributed by atoms with E-state index >= 15 is 0 Å². The molecule has 0 amide bonds. The Hall–Kier alpha value is -2.88. The van der Waals surface area contributed by atoms with Crippen molar-refractivity contribution < 1.29 is 0 Å². The molecule has 0 bridgehead atoms. The van der Waals surface area contributed by atoms with E-state index in [0.717, 1.165) is 18.1 Å². The molecule has 2 aromatic rings. The minimum Gasteiger partial charge on any atom is -0.325 e. The van der Waals surface area contributed by atoms with Gasteiger partial charge in [0.25, 0.3) is 0 Å². The first-order valence-corrected chi connectivity index (χ1v) is 9.66. The van der Waals surface area contributed by atoms with Crippen molar-refractivity contribution in [2.45, 2.75) is 32.5 Å². The Labute approximate surface area is 159 Å². The van der Waals surface area contributed by atoms with Crippen molar-refractivity contribution in [1.82, 2.24) is 9.97 Å². The van der Waals surface area contributed by atoms with E-state index in [2.05, 4.69) is 84.4 Å². The number of piperidine rings is 1. The first kappa shape index (κ1) is 15.2. The van der Waals surface area contributed by atoms with Crippen molar-refractivity contribution >= 4 is 17.3 Å². The predicted molar refractivity (Wildman–Crippen MR) is 108 cm³/mol. The van der Waals surface area contributed by atoms with Gasteiger partial charge in [0.15, 0.2) is 11.6 Å². The first-order chi connectivity index (χ1) is 13.2. The lowest BCUT2D eigenvalue weighted by Crippen LogP contribution is -2.69. The maximum absolute atomic E-state index is 4.79. The predicted octanol–water partition coefficient (Wildman–Crippen LogP) is 4.61. The summed E-state index contributed by atoms with van der Waals surface area (Å²) in [6.07, 6.45) is 16.4. The second-order valence-corrected chi connectivity index (χ2v) is 8.31. The molecule has 1 aromatic heterocycles. The van der Waals surface area contributed by atoms with Crippen LogP contribution >= 0.6 is 0 Å². The van der Waals surface area contributed by atoms with E-state index in [-0.39, 0.29) is 17.0 Å². The monoisotopic (exact) mass is 354 g/mol. The number of benzene rings is 1. The molecular formula is C23H22N4.